The van der Waals surface area contributed by atoms with E-state index in [1.54, 1.807) is 6.20 Å². The van der Waals surface area contributed by atoms with Gasteiger partial charge < -0.3 is 5.11 Å². The van der Waals surface area contributed by atoms with Crippen LogP contribution in [0.5, 0.6) is 0 Å². The molecule has 1 saturated heterocycles. The van der Waals surface area contributed by atoms with Crippen LogP contribution < -0.4 is 0 Å². The van der Waals surface area contributed by atoms with Crippen LogP contribution in [-0.4, -0.2) is 33.5 Å². The Morgan fingerprint density at radius 3 is 2.74 bits per heavy atom. The molecule has 4 nitrogen and oxygen atoms in total. The molecular formula is C18H19ClN2O2. The molecule has 5 heteroatoms. The quantitative estimate of drug-likeness (QED) is 0.929. The van der Waals surface area contributed by atoms with Gasteiger partial charge in [0.1, 0.15) is 6.04 Å². The molecule has 0 amide bonds. The maximum absolute atomic E-state index is 11.6. The minimum atomic E-state index is -0.768. The maximum Gasteiger partial charge on any atom is 0.320 e. The van der Waals surface area contributed by atoms with Gasteiger partial charge in [-0.05, 0) is 49.1 Å². The first-order valence-electron chi connectivity index (χ1n) is 7.73. The van der Waals surface area contributed by atoms with Crippen LogP contribution in [0.3, 0.4) is 0 Å². The van der Waals surface area contributed by atoms with E-state index in [9.17, 15) is 9.90 Å². The van der Waals surface area contributed by atoms with Crippen LogP contribution in [0.4, 0.5) is 0 Å². The van der Waals surface area contributed by atoms with E-state index >= 15 is 0 Å². The average molecular weight is 331 g/mol. The number of aromatic nitrogens is 1. The number of rotatable bonds is 4. The van der Waals surface area contributed by atoms with E-state index in [1.165, 1.54) is 0 Å². The topological polar surface area (TPSA) is 53.4 Å². The van der Waals surface area contributed by atoms with Gasteiger partial charge in [-0.25, -0.2) is 0 Å². The lowest BCUT2D eigenvalue weighted by atomic mass is 9.97. The molecule has 2 atom stereocenters. The molecule has 120 valence electrons. The van der Waals surface area contributed by atoms with Crippen molar-refractivity contribution in [2.45, 2.75) is 31.8 Å². The van der Waals surface area contributed by atoms with Crippen molar-refractivity contribution in [1.29, 1.82) is 0 Å². The summed E-state index contributed by atoms with van der Waals surface area (Å²) in [7, 11) is 0. The SMILES string of the molecule is Cc1cccnc1C(c1ccc(Cl)cc1)N1CCCC1C(=O)O. The van der Waals surface area contributed by atoms with E-state index in [1.807, 2.05) is 48.2 Å². The van der Waals surface area contributed by atoms with Gasteiger partial charge in [0, 0.05) is 17.8 Å². The first kappa shape index (κ1) is 16.0. The summed E-state index contributed by atoms with van der Waals surface area (Å²) in [6.45, 7) is 2.76. The molecule has 1 aromatic heterocycles. The normalized spacial score (nSPS) is 19.7. The lowest BCUT2D eigenvalue weighted by Crippen LogP contribution is -2.39. The lowest BCUT2D eigenvalue weighted by molar-refractivity contribution is -0.142. The number of aliphatic carboxylic acids is 1. The molecule has 1 fully saturated rings. The van der Waals surface area contributed by atoms with Crippen molar-refractivity contribution in [3.8, 4) is 0 Å². The number of hydrogen-bond donors (Lipinski definition) is 1. The molecule has 2 heterocycles. The van der Waals surface area contributed by atoms with Gasteiger partial charge in [-0.15, -0.1) is 0 Å². The zero-order valence-corrected chi connectivity index (χ0v) is 13.7. The average Bonchev–Trinajstić information content (AvgIpc) is 3.01. The summed E-state index contributed by atoms with van der Waals surface area (Å²) in [5.74, 6) is -0.768. The zero-order chi connectivity index (χ0) is 16.4. The number of pyridine rings is 1. The van der Waals surface area contributed by atoms with E-state index in [0.29, 0.717) is 11.4 Å². The minimum Gasteiger partial charge on any atom is -0.480 e. The molecule has 0 radical (unpaired) electrons. The fraction of sp³-hybridized carbons (Fsp3) is 0.333. The highest BCUT2D eigenvalue weighted by Gasteiger charge is 2.37. The Hall–Kier alpha value is -1.91. The van der Waals surface area contributed by atoms with E-state index in [-0.39, 0.29) is 6.04 Å². The molecule has 2 unspecified atom stereocenters. The third-order valence-electron chi connectivity index (χ3n) is 4.41. The predicted octanol–water partition coefficient (Wildman–Crippen LogP) is 3.68. The van der Waals surface area contributed by atoms with Crippen LogP contribution in [0.15, 0.2) is 42.6 Å². The molecule has 1 aromatic carbocycles. The third-order valence-corrected chi connectivity index (χ3v) is 4.66. The second-order valence-corrected chi connectivity index (χ2v) is 6.33. The number of nitrogens with zero attached hydrogens (tertiary/aromatic N) is 2. The first-order valence-corrected chi connectivity index (χ1v) is 8.11. The van der Waals surface area contributed by atoms with Gasteiger partial charge in [-0.3, -0.25) is 14.7 Å². The molecule has 1 aliphatic heterocycles. The van der Waals surface area contributed by atoms with Crippen LogP contribution in [0.25, 0.3) is 0 Å². The van der Waals surface area contributed by atoms with Crippen molar-refractivity contribution in [3.05, 3.63) is 64.4 Å². The van der Waals surface area contributed by atoms with Crippen LogP contribution in [0.2, 0.25) is 5.02 Å². The minimum absolute atomic E-state index is 0.169. The number of hydrogen-bond acceptors (Lipinski definition) is 3. The number of aryl methyl sites for hydroxylation is 1. The van der Waals surface area contributed by atoms with E-state index in [0.717, 1.165) is 29.8 Å². The number of carboxylic acids is 1. The van der Waals surface area contributed by atoms with E-state index in [4.69, 9.17) is 11.6 Å². The van der Waals surface area contributed by atoms with Crippen molar-refractivity contribution in [2.24, 2.45) is 0 Å². The van der Waals surface area contributed by atoms with Gasteiger partial charge in [0.2, 0.25) is 0 Å². The number of halogens is 1. The largest absolute Gasteiger partial charge is 0.480 e. The number of carboxylic acid groups (broad SMARTS) is 1. The molecule has 0 saturated carbocycles. The molecule has 0 bridgehead atoms. The molecule has 23 heavy (non-hydrogen) atoms. The molecule has 1 N–H and O–H groups in total. The molecule has 0 spiro atoms. The Kier molecular flexibility index (Phi) is 4.64. The van der Waals surface area contributed by atoms with Crippen molar-refractivity contribution < 1.29 is 9.90 Å². The van der Waals surface area contributed by atoms with Crippen molar-refractivity contribution in [2.75, 3.05) is 6.54 Å². The van der Waals surface area contributed by atoms with E-state index < -0.39 is 12.0 Å². The van der Waals surface area contributed by atoms with Crippen LogP contribution >= 0.6 is 11.6 Å². The van der Waals surface area contributed by atoms with Crippen molar-refractivity contribution in [3.63, 3.8) is 0 Å². The second-order valence-electron chi connectivity index (χ2n) is 5.89. The zero-order valence-electron chi connectivity index (χ0n) is 12.9. The third kappa shape index (κ3) is 3.23. The monoisotopic (exact) mass is 330 g/mol. The first-order chi connectivity index (χ1) is 11.1. The Bertz CT molecular complexity index is 702. The fourth-order valence-electron chi connectivity index (χ4n) is 3.30. The number of likely N-dealkylation sites (tertiary alicyclic amines) is 1. The van der Waals surface area contributed by atoms with Gasteiger partial charge in [0.05, 0.1) is 11.7 Å². The number of carbonyl (C=O) groups is 1. The summed E-state index contributed by atoms with van der Waals surface area (Å²) >= 11 is 6.01. The Morgan fingerprint density at radius 1 is 1.35 bits per heavy atom. The predicted molar refractivity (Wildman–Crippen MR) is 89.6 cm³/mol. The molecular weight excluding hydrogens is 312 g/mol. The van der Waals surface area contributed by atoms with Crippen LogP contribution in [0.1, 0.15) is 35.7 Å². The van der Waals surface area contributed by atoms with Gasteiger partial charge in [-0.1, -0.05) is 29.8 Å². The lowest BCUT2D eigenvalue weighted by Gasteiger charge is -2.32. The van der Waals surface area contributed by atoms with Crippen molar-refractivity contribution in [1.82, 2.24) is 9.88 Å². The van der Waals surface area contributed by atoms with Gasteiger partial charge in [-0.2, -0.15) is 0 Å². The standard InChI is InChI=1S/C18H19ClN2O2/c1-12-4-2-10-20-16(12)17(13-6-8-14(19)9-7-13)21-11-3-5-15(21)18(22)23/h2,4,6-10,15,17H,3,5,11H2,1H3,(H,22,23). The van der Waals surface area contributed by atoms with Gasteiger partial charge in [0.25, 0.3) is 0 Å². The molecule has 3 rings (SSSR count). The second kappa shape index (κ2) is 6.69. The maximum atomic E-state index is 11.6. The Morgan fingerprint density at radius 2 is 2.09 bits per heavy atom. The molecule has 0 aliphatic carbocycles. The van der Waals surface area contributed by atoms with E-state index in [2.05, 4.69) is 4.98 Å². The highest BCUT2D eigenvalue weighted by Crippen LogP contribution is 2.35. The van der Waals surface area contributed by atoms with Crippen molar-refractivity contribution >= 4 is 17.6 Å². The molecule has 2 aromatic rings. The summed E-state index contributed by atoms with van der Waals surface area (Å²) in [6, 6.07) is 10.9. The smallest absolute Gasteiger partial charge is 0.320 e. The highest BCUT2D eigenvalue weighted by atomic mass is 35.5. The summed E-state index contributed by atoms with van der Waals surface area (Å²) in [4.78, 5) is 18.2. The van der Waals surface area contributed by atoms with Crippen LogP contribution in [0, 0.1) is 6.92 Å². The van der Waals surface area contributed by atoms with Gasteiger partial charge >= 0.3 is 5.97 Å². The summed E-state index contributed by atoms with van der Waals surface area (Å²) < 4.78 is 0. The summed E-state index contributed by atoms with van der Waals surface area (Å²) in [5, 5.41) is 10.2. The Labute approximate surface area is 140 Å². The summed E-state index contributed by atoms with van der Waals surface area (Å²) in [5.41, 5.74) is 2.98. The fourth-order valence-corrected chi connectivity index (χ4v) is 3.42. The Balaban J connectivity index is 2.08. The van der Waals surface area contributed by atoms with Gasteiger partial charge in [0.15, 0.2) is 0 Å². The number of benzene rings is 1. The molecule has 1 aliphatic rings. The summed E-state index contributed by atoms with van der Waals surface area (Å²) in [6.07, 6.45) is 3.31. The highest BCUT2D eigenvalue weighted by molar-refractivity contribution is 6.30. The van der Waals surface area contributed by atoms with Crippen LogP contribution in [-0.2, 0) is 4.79 Å².